The van der Waals surface area contributed by atoms with Gasteiger partial charge in [-0.25, -0.2) is 9.78 Å². The number of piperidine rings is 1. The molecule has 2 aromatic rings. The Morgan fingerprint density at radius 2 is 1.91 bits per heavy atom. The molecular formula is C21H25F3N4O4S. The molecule has 1 spiro atoms. The van der Waals surface area contributed by atoms with Gasteiger partial charge in [0, 0.05) is 43.8 Å². The van der Waals surface area contributed by atoms with Gasteiger partial charge in [-0.1, -0.05) is 0 Å². The maximum atomic E-state index is 13.0. The summed E-state index contributed by atoms with van der Waals surface area (Å²) in [5, 5.41) is 8.23. The van der Waals surface area contributed by atoms with E-state index in [-0.39, 0.29) is 16.9 Å². The van der Waals surface area contributed by atoms with Gasteiger partial charge < -0.3 is 14.6 Å². The predicted octanol–water partition coefficient (Wildman–Crippen LogP) is 2.72. The smallest absolute Gasteiger partial charge is 0.475 e. The van der Waals surface area contributed by atoms with Gasteiger partial charge in [-0.2, -0.15) is 13.2 Å². The summed E-state index contributed by atoms with van der Waals surface area (Å²) in [5.74, 6) is -2.56. The van der Waals surface area contributed by atoms with E-state index in [9.17, 15) is 22.8 Å². The molecule has 2 saturated heterocycles. The molecule has 1 unspecified atom stereocenters. The Bertz CT molecular complexity index is 1110. The van der Waals surface area contributed by atoms with Crippen LogP contribution in [0.3, 0.4) is 0 Å². The Hall–Kier alpha value is -2.73. The number of amides is 1. The molecule has 4 rings (SSSR count). The minimum atomic E-state index is -5.08. The predicted molar refractivity (Wildman–Crippen MR) is 116 cm³/mol. The fraction of sp³-hybridized carbons (Fsp3) is 0.524. The molecule has 2 aromatic heterocycles. The lowest BCUT2D eigenvalue weighted by molar-refractivity contribution is -0.192. The molecule has 0 radical (unpaired) electrons. The zero-order valence-corrected chi connectivity index (χ0v) is 19.3. The second-order valence-corrected chi connectivity index (χ2v) is 9.65. The topological polar surface area (TPSA) is 95.7 Å². The van der Waals surface area contributed by atoms with Crippen molar-refractivity contribution in [1.29, 1.82) is 0 Å². The van der Waals surface area contributed by atoms with Crippen LogP contribution in [0.5, 0.6) is 0 Å². The first kappa shape index (κ1) is 24.9. The Morgan fingerprint density at radius 3 is 2.42 bits per heavy atom. The van der Waals surface area contributed by atoms with Gasteiger partial charge >= 0.3 is 12.1 Å². The molecule has 0 bridgehead atoms. The number of nitrogens with zero attached hydrogens (tertiary/aromatic N) is 4. The molecule has 1 N–H and O–H groups in total. The van der Waals surface area contributed by atoms with Crippen LogP contribution in [0.2, 0.25) is 0 Å². The summed E-state index contributed by atoms with van der Waals surface area (Å²) in [6.45, 7) is 7.57. The van der Waals surface area contributed by atoms with E-state index in [0.29, 0.717) is 0 Å². The fourth-order valence-electron chi connectivity index (χ4n) is 4.17. The molecule has 12 heteroatoms. The third-order valence-electron chi connectivity index (χ3n) is 5.81. The quantitative estimate of drug-likeness (QED) is 0.671. The first-order chi connectivity index (χ1) is 15.3. The zero-order chi connectivity index (χ0) is 24.6. The second kappa shape index (κ2) is 9.26. The lowest BCUT2D eigenvalue weighted by atomic mass is 9.72. The number of hydrogen-bond acceptors (Lipinski definition) is 6. The third kappa shape index (κ3) is 5.44. The van der Waals surface area contributed by atoms with Crippen LogP contribution in [-0.2, 0) is 23.2 Å². The van der Waals surface area contributed by atoms with Crippen LogP contribution < -0.4 is 10.5 Å². The molecule has 2 aliphatic rings. The number of anilines is 1. The van der Waals surface area contributed by atoms with Crippen molar-refractivity contribution in [2.45, 2.75) is 39.4 Å². The SMILES string of the molecule is Cc1nc(C)c(CN2CCCC3(C2)CN(c2ccc(=O)n(C)c2)C3=O)s1.O=C(O)C(F)(F)F. The van der Waals surface area contributed by atoms with Crippen LogP contribution in [0.15, 0.2) is 23.1 Å². The highest BCUT2D eigenvalue weighted by molar-refractivity contribution is 7.11. The number of β-lactam (4-membered cyclic amide) rings is 1. The van der Waals surface area contributed by atoms with Crippen molar-refractivity contribution in [1.82, 2.24) is 14.5 Å². The van der Waals surface area contributed by atoms with Crippen molar-refractivity contribution in [2.24, 2.45) is 12.5 Å². The van der Waals surface area contributed by atoms with Gasteiger partial charge in [0.25, 0.3) is 0 Å². The number of carbonyl (C=O) groups is 2. The molecule has 33 heavy (non-hydrogen) atoms. The van der Waals surface area contributed by atoms with Crippen molar-refractivity contribution >= 4 is 28.9 Å². The molecule has 2 aliphatic heterocycles. The highest BCUT2D eigenvalue weighted by atomic mass is 32.1. The number of aryl methyl sites for hydroxylation is 3. The average molecular weight is 487 g/mol. The summed E-state index contributed by atoms with van der Waals surface area (Å²) in [7, 11) is 1.72. The third-order valence-corrected chi connectivity index (χ3v) is 6.86. The molecule has 0 aliphatic carbocycles. The fourth-order valence-corrected chi connectivity index (χ4v) is 5.15. The zero-order valence-electron chi connectivity index (χ0n) is 18.5. The van der Waals surface area contributed by atoms with E-state index in [1.54, 1.807) is 30.6 Å². The number of hydrogen-bond donors (Lipinski definition) is 1. The Balaban J connectivity index is 0.000000383. The molecular weight excluding hydrogens is 461 g/mol. The van der Waals surface area contributed by atoms with Gasteiger partial charge in [0.1, 0.15) is 0 Å². The number of halogens is 3. The van der Waals surface area contributed by atoms with E-state index in [2.05, 4.69) is 16.8 Å². The second-order valence-electron chi connectivity index (χ2n) is 8.37. The van der Waals surface area contributed by atoms with Gasteiger partial charge in [-0.3, -0.25) is 14.5 Å². The van der Waals surface area contributed by atoms with Crippen molar-refractivity contribution in [2.75, 3.05) is 24.5 Å². The molecule has 0 aromatic carbocycles. The molecule has 8 nitrogen and oxygen atoms in total. The number of rotatable bonds is 3. The van der Waals surface area contributed by atoms with Crippen LogP contribution in [0.1, 0.15) is 28.4 Å². The largest absolute Gasteiger partial charge is 0.490 e. The molecule has 180 valence electrons. The van der Waals surface area contributed by atoms with Crippen molar-refractivity contribution in [3.05, 3.63) is 44.3 Å². The summed E-state index contributed by atoms with van der Waals surface area (Å²) in [4.78, 5) is 43.5. The molecule has 1 atom stereocenters. The van der Waals surface area contributed by atoms with Crippen LogP contribution in [0, 0.1) is 19.3 Å². The summed E-state index contributed by atoms with van der Waals surface area (Å²) >= 11 is 1.75. The van der Waals surface area contributed by atoms with E-state index in [1.807, 2.05) is 11.8 Å². The number of likely N-dealkylation sites (tertiary alicyclic amines) is 1. The maximum Gasteiger partial charge on any atom is 0.490 e. The maximum absolute atomic E-state index is 13.0. The van der Waals surface area contributed by atoms with Crippen LogP contribution in [0.25, 0.3) is 0 Å². The van der Waals surface area contributed by atoms with Gasteiger partial charge in [0.05, 0.1) is 21.8 Å². The summed E-state index contributed by atoms with van der Waals surface area (Å²) in [6, 6.07) is 3.27. The number of pyridine rings is 1. The first-order valence-corrected chi connectivity index (χ1v) is 11.1. The summed E-state index contributed by atoms with van der Waals surface area (Å²) < 4.78 is 33.3. The van der Waals surface area contributed by atoms with Crippen LogP contribution in [0.4, 0.5) is 18.9 Å². The Labute approximate surface area is 192 Å². The van der Waals surface area contributed by atoms with Crippen molar-refractivity contribution in [3.63, 3.8) is 0 Å². The number of carboxylic acid groups (broad SMARTS) is 1. The van der Waals surface area contributed by atoms with Crippen LogP contribution in [-0.4, -0.2) is 57.2 Å². The number of aromatic nitrogens is 2. The first-order valence-electron chi connectivity index (χ1n) is 10.3. The summed E-state index contributed by atoms with van der Waals surface area (Å²) in [5.41, 5.74) is 1.60. The monoisotopic (exact) mass is 486 g/mol. The standard InChI is InChI=1S/C19H24N4O2S.C2HF3O2/c1-13-16(26-14(2)20-13)10-22-8-4-7-19(11-22)12-23(18(19)25)15-5-6-17(24)21(3)9-15;3-2(4,5)1(6)7/h5-6,9H,4,7-8,10-12H2,1-3H3;(H,6,7). The van der Waals surface area contributed by atoms with Gasteiger partial charge in [0.15, 0.2) is 0 Å². The van der Waals surface area contributed by atoms with E-state index < -0.39 is 12.1 Å². The molecule has 0 saturated carbocycles. The number of carboxylic acids is 1. The number of aliphatic carboxylic acids is 1. The normalized spacial score (nSPS) is 20.9. The Kier molecular flexibility index (Phi) is 6.99. The van der Waals surface area contributed by atoms with Crippen LogP contribution >= 0.6 is 11.3 Å². The highest BCUT2D eigenvalue weighted by Crippen LogP contribution is 2.43. The number of thiazole rings is 1. The van der Waals surface area contributed by atoms with Gasteiger partial charge in [-0.05, 0) is 39.3 Å². The summed E-state index contributed by atoms with van der Waals surface area (Å²) in [6.07, 6.45) is -1.34. The number of alkyl halides is 3. The van der Waals surface area contributed by atoms with Crippen molar-refractivity contribution in [3.8, 4) is 0 Å². The van der Waals surface area contributed by atoms with E-state index in [4.69, 9.17) is 9.90 Å². The lowest BCUT2D eigenvalue weighted by Gasteiger charge is -2.53. The van der Waals surface area contributed by atoms with E-state index in [1.165, 1.54) is 15.5 Å². The number of carbonyl (C=O) groups excluding carboxylic acids is 1. The molecule has 1 amide bonds. The lowest BCUT2D eigenvalue weighted by Crippen LogP contribution is -2.67. The van der Waals surface area contributed by atoms with E-state index in [0.717, 1.165) is 55.4 Å². The van der Waals surface area contributed by atoms with E-state index >= 15 is 0 Å². The molecule has 2 fully saturated rings. The minimum Gasteiger partial charge on any atom is -0.475 e. The van der Waals surface area contributed by atoms with Gasteiger partial charge in [0.2, 0.25) is 11.5 Å². The van der Waals surface area contributed by atoms with Gasteiger partial charge in [-0.15, -0.1) is 11.3 Å². The minimum absolute atomic E-state index is 0.0597. The average Bonchev–Trinajstić information content (AvgIpc) is 3.05. The highest BCUT2D eigenvalue weighted by Gasteiger charge is 2.54. The molecule has 4 heterocycles. The van der Waals surface area contributed by atoms with Crippen molar-refractivity contribution < 1.29 is 27.9 Å². The Morgan fingerprint density at radius 1 is 1.24 bits per heavy atom.